The summed E-state index contributed by atoms with van der Waals surface area (Å²) in [6, 6.07) is 11.5. The van der Waals surface area contributed by atoms with E-state index in [9.17, 15) is 18.4 Å². The van der Waals surface area contributed by atoms with E-state index in [2.05, 4.69) is 10.1 Å². The largest absolute Gasteiger partial charge is 0.493 e. The molecule has 0 aliphatic heterocycles. The highest BCUT2D eigenvalue weighted by Crippen LogP contribution is 2.31. The number of amides is 1. The summed E-state index contributed by atoms with van der Waals surface area (Å²) < 4.78 is 39.4. The smallest absolute Gasteiger partial charge is 0.387 e. The van der Waals surface area contributed by atoms with Crippen molar-refractivity contribution in [1.29, 1.82) is 0 Å². The summed E-state index contributed by atoms with van der Waals surface area (Å²) in [5.41, 5.74) is 2.34. The van der Waals surface area contributed by atoms with E-state index in [1.165, 1.54) is 37.8 Å². The van der Waals surface area contributed by atoms with Crippen LogP contribution >= 0.6 is 0 Å². The molecule has 30 heavy (non-hydrogen) atoms. The van der Waals surface area contributed by atoms with Crippen molar-refractivity contribution < 1.29 is 32.6 Å². The molecule has 3 rings (SSSR count). The van der Waals surface area contributed by atoms with E-state index in [1.54, 1.807) is 0 Å². The summed E-state index contributed by atoms with van der Waals surface area (Å²) >= 11 is 0. The van der Waals surface area contributed by atoms with Gasteiger partial charge in [0.25, 0.3) is 5.91 Å². The van der Waals surface area contributed by atoms with Crippen LogP contribution in [0.2, 0.25) is 0 Å². The Kier molecular flexibility index (Phi) is 6.87. The SMILES string of the molecule is COc1cc(C(=O)O[C@H](C)C(=O)N[C@H]2CCCc3ccccc32)ccc1OC(F)F. The van der Waals surface area contributed by atoms with Crippen LogP contribution in [0, 0.1) is 0 Å². The summed E-state index contributed by atoms with van der Waals surface area (Å²) in [7, 11) is 1.26. The maximum atomic E-state index is 12.6. The van der Waals surface area contributed by atoms with Gasteiger partial charge in [0, 0.05) is 0 Å². The fraction of sp³-hybridized carbons (Fsp3) is 0.364. The van der Waals surface area contributed by atoms with Gasteiger partial charge in [0.2, 0.25) is 0 Å². The molecule has 1 aliphatic rings. The van der Waals surface area contributed by atoms with Crippen molar-refractivity contribution in [3.8, 4) is 11.5 Å². The molecule has 2 aromatic carbocycles. The zero-order chi connectivity index (χ0) is 21.7. The predicted molar refractivity (Wildman–Crippen MR) is 105 cm³/mol. The molecule has 0 fully saturated rings. The van der Waals surface area contributed by atoms with Crippen LogP contribution < -0.4 is 14.8 Å². The van der Waals surface area contributed by atoms with E-state index >= 15 is 0 Å². The van der Waals surface area contributed by atoms with Crippen LogP contribution in [0.25, 0.3) is 0 Å². The van der Waals surface area contributed by atoms with Gasteiger partial charge in [0.15, 0.2) is 17.6 Å². The number of alkyl halides is 2. The number of nitrogens with one attached hydrogen (secondary N) is 1. The van der Waals surface area contributed by atoms with Gasteiger partial charge >= 0.3 is 12.6 Å². The monoisotopic (exact) mass is 419 g/mol. The highest BCUT2D eigenvalue weighted by Gasteiger charge is 2.26. The third-order valence-electron chi connectivity index (χ3n) is 4.95. The van der Waals surface area contributed by atoms with Gasteiger partial charge in [-0.25, -0.2) is 4.79 Å². The third kappa shape index (κ3) is 5.06. The minimum atomic E-state index is -3.02. The molecule has 0 spiro atoms. The Bertz CT molecular complexity index is 918. The second-order valence-electron chi connectivity index (χ2n) is 6.94. The number of hydrogen-bond acceptors (Lipinski definition) is 5. The van der Waals surface area contributed by atoms with Crippen molar-refractivity contribution >= 4 is 11.9 Å². The average Bonchev–Trinajstić information content (AvgIpc) is 2.73. The Hall–Kier alpha value is -3.16. The van der Waals surface area contributed by atoms with Crippen LogP contribution in [-0.2, 0) is 16.0 Å². The standard InChI is InChI=1S/C22H23F2NO5/c1-13(20(26)25-17-9-5-7-14-6-3-4-8-16(14)17)29-21(27)15-10-11-18(30-22(23)24)19(12-15)28-2/h3-4,6,8,10-13,17,22H,5,7,9H2,1-2H3,(H,25,26)/t13-,17+/m1/s1. The van der Waals surface area contributed by atoms with Crippen LogP contribution in [0.3, 0.4) is 0 Å². The molecule has 1 amide bonds. The number of ether oxygens (including phenoxy) is 3. The lowest BCUT2D eigenvalue weighted by Gasteiger charge is -2.27. The Balaban J connectivity index is 1.64. The van der Waals surface area contributed by atoms with Crippen molar-refractivity contribution in [2.45, 2.75) is 44.9 Å². The van der Waals surface area contributed by atoms with Crippen molar-refractivity contribution in [2.75, 3.05) is 7.11 Å². The number of halogens is 2. The molecule has 0 bridgehead atoms. The fourth-order valence-electron chi connectivity index (χ4n) is 3.46. The van der Waals surface area contributed by atoms with Gasteiger partial charge in [-0.3, -0.25) is 4.79 Å². The fourth-order valence-corrected chi connectivity index (χ4v) is 3.46. The number of esters is 1. The number of benzene rings is 2. The van der Waals surface area contributed by atoms with Crippen LogP contribution in [0.5, 0.6) is 11.5 Å². The van der Waals surface area contributed by atoms with Crippen LogP contribution in [0.15, 0.2) is 42.5 Å². The number of methoxy groups -OCH3 is 1. The lowest BCUT2D eigenvalue weighted by Crippen LogP contribution is -2.39. The molecule has 6 nitrogen and oxygen atoms in total. The minimum absolute atomic E-state index is 0.0410. The maximum Gasteiger partial charge on any atom is 0.387 e. The highest BCUT2D eigenvalue weighted by molar-refractivity contribution is 5.93. The number of rotatable bonds is 7. The number of aryl methyl sites for hydroxylation is 1. The predicted octanol–water partition coefficient (Wildman–Crippen LogP) is 4.04. The van der Waals surface area contributed by atoms with E-state index in [-0.39, 0.29) is 23.1 Å². The zero-order valence-electron chi connectivity index (χ0n) is 16.7. The van der Waals surface area contributed by atoms with Gasteiger partial charge < -0.3 is 19.5 Å². The quantitative estimate of drug-likeness (QED) is 0.686. The molecule has 0 aromatic heterocycles. The molecule has 1 aliphatic carbocycles. The van der Waals surface area contributed by atoms with E-state index in [0.29, 0.717) is 0 Å². The second-order valence-corrected chi connectivity index (χ2v) is 6.94. The molecule has 2 aromatic rings. The van der Waals surface area contributed by atoms with Crippen molar-refractivity contribution in [3.05, 3.63) is 59.2 Å². The van der Waals surface area contributed by atoms with Gasteiger partial charge in [-0.1, -0.05) is 24.3 Å². The van der Waals surface area contributed by atoms with E-state index in [0.717, 1.165) is 24.8 Å². The van der Waals surface area contributed by atoms with E-state index in [1.807, 2.05) is 24.3 Å². The van der Waals surface area contributed by atoms with Crippen LogP contribution in [0.1, 0.15) is 47.3 Å². The first kappa shape index (κ1) is 21.5. The maximum absolute atomic E-state index is 12.6. The third-order valence-corrected chi connectivity index (χ3v) is 4.95. The Labute approximate surface area is 173 Å². The average molecular weight is 419 g/mol. The minimum Gasteiger partial charge on any atom is -0.493 e. The van der Waals surface area contributed by atoms with Gasteiger partial charge in [-0.2, -0.15) is 8.78 Å². The molecule has 1 N–H and O–H groups in total. The summed E-state index contributed by atoms with van der Waals surface area (Å²) in [6.45, 7) is -1.54. The van der Waals surface area contributed by atoms with Crippen molar-refractivity contribution in [3.63, 3.8) is 0 Å². The molecular formula is C22H23F2NO5. The van der Waals surface area contributed by atoms with E-state index < -0.39 is 24.6 Å². The Morgan fingerprint density at radius 3 is 2.63 bits per heavy atom. The lowest BCUT2D eigenvalue weighted by molar-refractivity contribution is -0.130. The summed E-state index contributed by atoms with van der Waals surface area (Å²) in [5.74, 6) is -1.43. The van der Waals surface area contributed by atoms with Gasteiger partial charge in [-0.15, -0.1) is 0 Å². The van der Waals surface area contributed by atoms with Crippen LogP contribution in [-0.4, -0.2) is 31.7 Å². The molecule has 0 saturated carbocycles. The molecular weight excluding hydrogens is 396 g/mol. The Morgan fingerprint density at radius 1 is 1.13 bits per heavy atom. The molecule has 8 heteroatoms. The first-order chi connectivity index (χ1) is 14.4. The molecule has 0 heterocycles. The zero-order valence-corrected chi connectivity index (χ0v) is 16.7. The second kappa shape index (κ2) is 9.56. The van der Waals surface area contributed by atoms with Crippen molar-refractivity contribution in [1.82, 2.24) is 5.32 Å². The van der Waals surface area contributed by atoms with Gasteiger partial charge in [0.05, 0.1) is 18.7 Å². The van der Waals surface area contributed by atoms with E-state index in [4.69, 9.17) is 9.47 Å². The highest BCUT2D eigenvalue weighted by atomic mass is 19.3. The Morgan fingerprint density at radius 2 is 1.90 bits per heavy atom. The van der Waals surface area contributed by atoms with Crippen molar-refractivity contribution in [2.24, 2.45) is 0 Å². The van der Waals surface area contributed by atoms with Gasteiger partial charge in [-0.05, 0) is 55.5 Å². The number of hydrogen-bond donors (Lipinski definition) is 1. The molecule has 0 radical (unpaired) electrons. The topological polar surface area (TPSA) is 73.9 Å². The van der Waals surface area contributed by atoms with Crippen LogP contribution in [0.4, 0.5) is 8.78 Å². The summed E-state index contributed by atoms with van der Waals surface area (Å²) in [4.78, 5) is 25.0. The lowest BCUT2D eigenvalue weighted by atomic mass is 9.87. The summed E-state index contributed by atoms with van der Waals surface area (Å²) in [6.07, 6.45) is 1.71. The first-order valence-electron chi connectivity index (χ1n) is 9.61. The molecule has 160 valence electrons. The first-order valence-corrected chi connectivity index (χ1v) is 9.61. The number of fused-ring (bicyclic) bond motifs is 1. The normalized spacial score (nSPS) is 16.4. The number of carbonyl (C=O) groups excluding carboxylic acids is 2. The summed E-state index contributed by atoms with van der Waals surface area (Å²) in [5, 5.41) is 2.94. The van der Waals surface area contributed by atoms with Gasteiger partial charge in [0.1, 0.15) is 0 Å². The number of carbonyl (C=O) groups is 2. The molecule has 0 saturated heterocycles. The molecule has 2 atom stereocenters. The molecule has 0 unspecified atom stereocenters.